The molecule has 1 aliphatic carbocycles. The molecule has 1 spiro atoms. The van der Waals surface area contributed by atoms with Crippen LogP contribution >= 0.6 is 0 Å². The van der Waals surface area contributed by atoms with E-state index in [1.807, 2.05) is 13.3 Å². The third-order valence-corrected chi connectivity index (χ3v) is 3.27. The SMILES string of the molecule is CN=CC1=C(C)CCC2(CCO2)C1. The first-order valence-corrected chi connectivity index (χ1v) is 5.00. The average Bonchev–Trinajstić information content (AvgIpc) is 2.07. The lowest BCUT2D eigenvalue weighted by Crippen LogP contribution is -2.45. The third-order valence-electron chi connectivity index (χ3n) is 3.27. The van der Waals surface area contributed by atoms with E-state index >= 15 is 0 Å². The molecule has 1 unspecified atom stereocenters. The molecule has 2 nitrogen and oxygen atoms in total. The Bertz CT molecular complexity index is 261. The molecule has 0 aromatic heterocycles. The molecule has 13 heavy (non-hydrogen) atoms. The Hall–Kier alpha value is -0.630. The lowest BCUT2D eigenvalue weighted by molar-refractivity contribution is -0.152. The van der Waals surface area contributed by atoms with Crippen molar-refractivity contribution in [2.75, 3.05) is 13.7 Å². The van der Waals surface area contributed by atoms with Crippen molar-refractivity contribution in [2.45, 2.75) is 38.2 Å². The quantitative estimate of drug-likeness (QED) is 0.566. The zero-order chi connectivity index (χ0) is 9.31. The predicted octanol–water partition coefficient (Wildman–Crippen LogP) is 2.35. The number of hydrogen-bond acceptors (Lipinski definition) is 2. The summed E-state index contributed by atoms with van der Waals surface area (Å²) < 4.78 is 5.69. The van der Waals surface area contributed by atoms with Gasteiger partial charge in [-0.1, -0.05) is 5.57 Å². The van der Waals surface area contributed by atoms with Crippen LogP contribution < -0.4 is 0 Å². The van der Waals surface area contributed by atoms with Crippen molar-refractivity contribution >= 4 is 6.21 Å². The highest BCUT2D eigenvalue weighted by Crippen LogP contribution is 2.42. The first-order valence-electron chi connectivity index (χ1n) is 5.00. The monoisotopic (exact) mass is 179 g/mol. The van der Waals surface area contributed by atoms with Crippen molar-refractivity contribution in [2.24, 2.45) is 4.99 Å². The number of hydrogen-bond donors (Lipinski definition) is 0. The van der Waals surface area contributed by atoms with Crippen molar-refractivity contribution in [3.05, 3.63) is 11.1 Å². The molecule has 0 radical (unpaired) electrons. The normalized spacial score (nSPS) is 34.3. The second kappa shape index (κ2) is 3.26. The van der Waals surface area contributed by atoms with E-state index < -0.39 is 0 Å². The molecule has 0 bridgehead atoms. The Morgan fingerprint density at radius 3 is 2.77 bits per heavy atom. The fourth-order valence-corrected chi connectivity index (χ4v) is 2.20. The summed E-state index contributed by atoms with van der Waals surface area (Å²) in [6, 6.07) is 0. The molecule has 2 aliphatic rings. The Labute approximate surface area is 79.7 Å². The standard InChI is InChI=1S/C11H17NO/c1-9-3-4-11(5-6-13-11)7-10(9)8-12-2/h8H,3-7H2,1-2H3. The van der Waals surface area contributed by atoms with Gasteiger partial charge in [0.25, 0.3) is 0 Å². The van der Waals surface area contributed by atoms with Gasteiger partial charge in [-0.25, -0.2) is 0 Å². The lowest BCUT2D eigenvalue weighted by Gasteiger charge is -2.45. The molecule has 72 valence electrons. The predicted molar refractivity (Wildman–Crippen MR) is 54.3 cm³/mol. The molecule has 1 saturated heterocycles. The van der Waals surface area contributed by atoms with Crippen LogP contribution in [0.3, 0.4) is 0 Å². The number of ether oxygens (including phenoxy) is 1. The maximum Gasteiger partial charge on any atom is 0.0748 e. The van der Waals surface area contributed by atoms with Crippen molar-refractivity contribution in [3.8, 4) is 0 Å². The molecule has 0 aromatic rings. The highest BCUT2D eigenvalue weighted by molar-refractivity contribution is 5.80. The molecule has 0 saturated carbocycles. The second-order valence-corrected chi connectivity index (χ2v) is 4.15. The highest BCUT2D eigenvalue weighted by Gasteiger charge is 2.40. The molecular weight excluding hydrogens is 162 g/mol. The Kier molecular flexibility index (Phi) is 2.24. The Balaban J connectivity index is 2.14. The minimum atomic E-state index is 0.204. The third kappa shape index (κ3) is 1.55. The van der Waals surface area contributed by atoms with Crippen LogP contribution in [0, 0.1) is 0 Å². The number of rotatable bonds is 1. The van der Waals surface area contributed by atoms with Gasteiger partial charge in [0.05, 0.1) is 12.2 Å². The minimum Gasteiger partial charge on any atom is -0.374 e. The van der Waals surface area contributed by atoms with Gasteiger partial charge in [-0.2, -0.15) is 0 Å². The largest absolute Gasteiger partial charge is 0.374 e. The highest BCUT2D eigenvalue weighted by atomic mass is 16.5. The summed E-state index contributed by atoms with van der Waals surface area (Å²) >= 11 is 0. The van der Waals surface area contributed by atoms with Gasteiger partial charge in [-0.3, -0.25) is 4.99 Å². The smallest absolute Gasteiger partial charge is 0.0748 e. The van der Waals surface area contributed by atoms with E-state index in [4.69, 9.17) is 4.74 Å². The molecule has 0 N–H and O–H groups in total. The average molecular weight is 179 g/mol. The zero-order valence-corrected chi connectivity index (χ0v) is 8.47. The molecule has 1 fully saturated rings. The van der Waals surface area contributed by atoms with Crippen LogP contribution in [0.25, 0.3) is 0 Å². The van der Waals surface area contributed by atoms with Gasteiger partial charge in [0, 0.05) is 26.1 Å². The zero-order valence-electron chi connectivity index (χ0n) is 8.47. The van der Waals surface area contributed by atoms with Crippen LogP contribution in [0.1, 0.15) is 32.6 Å². The fraction of sp³-hybridized carbons (Fsp3) is 0.727. The van der Waals surface area contributed by atoms with Gasteiger partial charge < -0.3 is 4.74 Å². The molecule has 2 heteroatoms. The van der Waals surface area contributed by atoms with E-state index in [0.717, 1.165) is 13.0 Å². The van der Waals surface area contributed by atoms with Crippen molar-refractivity contribution in [3.63, 3.8) is 0 Å². The van der Waals surface area contributed by atoms with Gasteiger partial charge in [-0.05, 0) is 25.3 Å². The van der Waals surface area contributed by atoms with Crippen molar-refractivity contribution in [1.82, 2.24) is 0 Å². The van der Waals surface area contributed by atoms with Crippen molar-refractivity contribution in [1.29, 1.82) is 0 Å². The second-order valence-electron chi connectivity index (χ2n) is 4.15. The molecule has 1 atom stereocenters. The van der Waals surface area contributed by atoms with E-state index in [-0.39, 0.29) is 5.60 Å². The van der Waals surface area contributed by atoms with Gasteiger partial charge in [-0.15, -0.1) is 0 Å². The van der Waals surface area contributed by atoms with E-state index in [9.17, 15) is 0 Å². The minimum absolute atomic E-state index is 0.204. The van der Waals surface area contributed by atoms with Gasteiger partial charge in [0.15, 0.2) is 0 Å². The van der Waals surface area contributed by atoms with Gasteiger partial charge >= 0.3 is 0 Å². The van der Waals surface area contributed by atoms with Gasteiger partial charge in [0.2, 0.25) is 0 Å². The van der Waals surface area contributed by atoms with Crippen LogP contribution in [0.4, 0.5) is 0 Å². The van der Waals surface area contributed by atoms with Crippen LogP contribution in [0.5, 0.6) is 0 Å². The number of aliphatic imine (C=N–C) groups is 1. The Morgan fingerprint density at radius 2 is 2.23 bits per heavy atom. The van der Waals surface area contributed by atoms with E-state index in [2.05, 4.69) is 11.9 Å². The number of nitrogens with zero attached hydrogens (tertiary/aromatic N) is 1. The summed E-state index contributed by atoms with van der Waals surface area (Å²) in [5, 5.41) is 0. The van der Waals surface area contributed by atoms with Crippen LogP contribution in [0.2, 0.25) is 0 Å². The van der Waals surface area contributed by atoms with Crippen LogP contribution in [-0.4, -0.2) is 25.5 Å². The fourth-order valence-electron chi connectivity index (χ4n) is 2.20. The Morgan fingerprint density at radius 1 is 1.46 bits per heavy atom. The summed E-state index contributed by atoms with van der Waals surface area (Å²) in [5.41, 5.74) is 3.09. The molecular formula is C11H17NO. The summed E-state index contributed by atoms with van der Waals surface area (Å²) in [6.07, 6.45) is 6.71. The summed E-state index contributed by atoms with van der Waals surface area (Å²) in [4.78, 5) is 4.10. The molecule has 2 rings (SSSR count). The summed E-state index contributed by atoms with van der Waals surface area (Å²) in [6.45, 7) is 3.16. The van der Waals surface area contributed by atoms with Crippen LogP contribution in [-0.2, 0) is 4.74 Å². The first-order chi connectivity index (χ1) is 6.26. The summed E-state index contributed by atoms with van der Waals surface area (Å²) in [5.74, 6) is 0. The lowest BCUT2D eigenvalue weighted by atomic mass is 9.77. The molecule has 1 aliphatic heterocycles. The first kappa shape index (κ1) is 8.95. The topological polar surface area (TPSA) is 21.6 Å². The van der Waals surface area contributed by atoms with E-state index in [1.54, 1.807) is 0 Å². The summed E-state index contributed by atoms with van der Waals surface area (Å²) in [7, 11) is 1.84. The van der Waals surface area contributed by atoms with E-state index in [0.29, 0.717) is 0 Å². The van der Waals surface area contributed by atoms with E-state index in [1.165, 1.54) is 30.4 Å². The van der Waals surface area contributed by atoms with Crippen LogP contribution in [0.15, 0.2) is 16.1 Å². The number of allylic oxidation sites excluding steroid dienone is 1. The van der Waals surface area contributed by atoms with Crippen molar-refractivity contribution < 1.29 is 4.74 Å². The van der Waals surface area contributed by atoms with Gasteiger partial charge in [0.1, 0.15) is 0 Å². The molecule has 0 amide bonds. The molecule has 0 aromatic carbocycles. The maximum atomic E-state index is 5.69. The maximum absolute atomic E-state index is 5.69. The molecule has 1 heterocycles.